The summed E-state index contributed by atoms with van der Waals surface area (Å²) in [5.41, 5.74) is 12.8. The van der Waals surface area contributed by atoms with Crippen LogP contribution in [0.1, 0.15) is 78.8 Å². The topological polar surface area (TPSA) is 12.9 Å². The lowest BCUT2D eigenvalue weighted by Gasteiger charge is -2.48. The zero-order valence-corrected chi connectivity index (χ0v) is 28.7. The lowest BCUT2D eigenvalue weighted by atomic mass is 9.71. The maximum absolute atomic E-state index is 7.13. The summed E-state index contributed by atoms with van der Waals surface area (Å²) in [6.45, 7) is 14.0. The van der Waals surface area contributed by atoms with E-state index in [4.69, 9.17) is 11.8 Å². The summed E-state index contributed by atoms with van der Waals surface area (Å²) < 4.78 is 2.79. The predicted molar refractivity (Wildman–Crippen MR) is 196 cm³/mol. The number of aromatic nitrogens is 1. The van der Waals surface area contributed by atoms with Crippen molar-refractivity contribution in [3.63, 3.8) is 0 Å². The number of aryl methyl sites for hydroxylation is 2. The molecular formula is C40H36NPS2. The molecular weight excluding hydrogens is 590 g/mol. The van der Waals surface area contributed by atoms with Crippen LogP contribution < -0.4 is 15.2 Å². The smallest absolute Gasteiger partial charge is 0.0516 e. The largest absolute Gasteiger partial charge is 0.261 e. The zero-order chi connectivity index (χ0) is 30.6. The summed E-state index contributed by atoms with van der Waals surface area (Å²) >= 11 is 9.08. The maximum Gasteiger partial charge on any atom is 0.0516 e. The molecule has 44 heavy (non-hydrogen) atoms. The molecule has 0 N–H and O–H groups in total. The van der Waals surface area contributed by atoms with Crippen molar-refractivity contribution in [2.24, 2.45) is 0 Å². The number of rotatable bonds is 2. The summed E-state index contributed by atoms with van der Waals surface area (Å²) in [6.07, 6.45) is 11.9. The second-order valence-corrected chi connectivity index (χ2v) is 19.3. The number of benzene rings is 3. The average molecular weight is 626 g/mol. The lowest BCUT2D eigenvalue weighted by Crippen LogP contribution is -2.49. The van der Waals surface area contributed by atoms with Gasteiger partial charge in [0.2, 0.25) is 0 Å². The summed E-state index contributed by atoms with van der Waals surface area (Å²) in [5.74, 6) is 0. The summed E-state index contributed by atoms with van der Waals surface area (Å²) in [7, 11) is 0. The standard InChI is InChI=1S/C40H36NPS2/c1-24-20-32-37-33(21-24)40(5,6)36-30-12-7-8-13-35(30)44-38(36)42(37,43)34-19-18-28(22-31(34)39(32,3)4)26-10-9-11-27(17-16-26)29-15-14-25(2)41-23-29/h7-16,18-23H,17H2,1-6H3. The molecule has 0 bridgehead atoms. The van der Waals surface area contributed by atoms with Gasteiger partial charge in [-0.3, -0.25) is 4.98 Å². The quantitative estimate of drug-likeness (QED) is 0.181. The van der Waals surface area contributed by atoms with E-state index in [9.17, 15) is 0 Å². The third-order valence-electron chi connectivity index (χ3n) is 10.1. The number of hydrogen-bond donors (Lipinski definition) is 0. The van der Waals surface area contributed by atoms with Crippen LogP contribution in [0, 0.1) is 13.8 Å². The number of nitrogens with zero attached hydrogens (tertiary/aromatic N) is 1. The molecule has 1 aliphatic carbocycles. The van der Waals surface area contributed by atoms with Gasteiger partial charge in [0.1, 0.15) is 0 Å². The first kappa shape index (κ1) is 28.1. The van der Waals surface area contributed by atoms with Crippen molar-refractivity contribution in [3.8, 4) is 0 Å². The molecule has 0 spiro atoms. The van der Waals surface area contributed by atoms with Gasteiger partial charge < -0.3 is 0 Å². The van der Waals surface area contributed by atoms with E-state index in [2.05, 4.69) is 131 Å². The van der Waals surface area contributed by atoms with Gasteiger partial charge in [0.05, 0.1) is 4.62 Å². The van der Waals surface area contributed by atoms with Crippen molar-refractivity contribution in [3.05, 3.63) is 142 Å². The van der Waals surface area contributed by atoms with Crippen molar-refractivity contribution in [2.75, 3.05) is 0 Å². The highest BCUT2D eigenvalue weighted by Gasteiger charge is 2.51. The minimum Gasteiger partial charge on any atom is -0.261 e. The van der Waals surface area contributed by atoms with Gasteiger partial charge in [-0.2, -0.15) is 0 Å². The molecule has 0 saturated carbocycles. The van der Waals surface area contributed by atoms with E-state index in [0.29, 0.717) is 0 Å². The molecule has 3 aromatic carbocycles. The fraction of sp³-hybridized carbons (Fsp3) is 0.225. The molecule has 0 amide bonds. The molecule has 5 aromatic rings. The van der Waals surface area contributed by atoms with E-state index in [1.165, 1.54) is 75.4 Å². The Morgan fingerprint density at radius 2 is 1.59 bits per heavy atom. The van der Waals surface area contributed by atoms with Crippen LogP contribution in [-0.2, 0) is 22.6 Å². The van der Waals surface area contributed by atoms with Crippen molar-refractivity contribution in [2.45, 2.75) is 58.8 Å². The molecule has 8 rings (SSSR count). The Balaban J connectivity index is 1.33. The van der Waals surface area contributed by atoms with Crippen LogP contribution in [0.4, 0.5) is 0 Å². The molecule has 1 atom stereocenters. The monoisotopic (exact) mass is 625 g/mol. The SMILES string of the molecule is Cc1cc2c3c(c1)C(C)(C)c1c(sc4ccccc14)P3(=S)c1ccc(C3=CCC(c4ccc(C)nc4)=CC=C3)cc1C2(C)C. The van der Waals surface area contributed by atoms with Crippen LogP contribution in [0.3, 0.4) is 0 Å². The number of fused-ring (bicyclic) bond motifs is 6. The molecule has 2 aliphatic heterocycles. The molecule has 4 heterocycles. The fourth-order valence-corrected chi connectivity index (χ4v) is 15.6. The van der Waals surface area contributed by atoms with Gasteiger partial charge in [0.15, 0.2) is 0 Å². The fourth-order valence-electron chi connectivity index (χ4n) is 7.74. The Kier molecular flexibility index (Phi) is 6.12. The second-order valence-electron chi connectivity index (χ2n) is 13.7. The first-order valence-electron chi connectivity index (χ1n) is 15.5. The Labute approximate surface area is 270 Å². The van der Waals surface area contributed by atoms with Crippen LogP contribution in [-0.4, -0.2) is 4.98 Å². The second kappa shape index (κ2) is 9.57. The van der Waals surface area contributed by atoms with E-state index in [1.54, 1.807) is 0 Å². The molecule has 2 aromatic heterocycles. The Hall–Kier alpha value is -3.36. The molecule has 4 heteroatoms. The highest BCUT2D eigenvalue weighted by Crippen LogP contribution is 2.61. The first-order chi connectivity index (χ1) is 21.0. The van der Waals surface area contributed by atoms with Gasteiger partial charge in [-0.05, 0) is 93.7 Å². The molecule has 3 aliphatic rings. The third kappa shape index (κ3) is 3.82. The van der Waals surface area contributed by atoms with E-state index >= 15 is 0 Å². The molecule has 0 fully saturated rings. The Bertz CT molecular complexity index is 2190. The average Bonchev–Trinajstić information content (AvgIpc) is 3.25. The summed E-state index contributed by atoms with van der Waals surface area (Å²) in [5, 5.41) is 4.21. The van der Waals surface area contributed by atoms with Gasteiger partial charge >= 0.3 is 0 Å². The molecule has 0 radical (unpaired) electrons. The van der Waals surface area contributed by atoms with Crippen LogP contribution in [0.15, 0.2) is 97.2 Å². The van der Waals surface area contributed by atoms with E-state index < -0.39 is 6.04 Å². The number of hydrogen-bond acceptors (Lipinski definition) is 3. The normalized spacial score (nSPS) is 20.7. The maximum atomic E-state index is 7.13. The van der Waals surface area contributed by atoms with Crippen molar-refractivity contribution >= 4 is 65.6 Å². The zero-order valence-electron chi connectivity index (χ0n) is 26.2. The van der Waals surface area contributed by atoms with E-state index in [1.807, 2.05) is 24.5 Å². The van der Waals surface area contributed by atoms with Gasteiger partial charge in [-0.25, -0.2) is 0 Å². The highest BCUT2D eigenvalue weighted by atomic mass is 32.4. The number of pyridine rings is 1. The third-order valence-corrected chi connectivity index (χ3v) is 17.2. The number of thiophene rings is 1. The van der Waals surface area contributed by atoms with Crippen LogP contribution in [0.2, 0.25) is 0 Å². The Morgan fingerprint density at radius 3 is 2.36 bits per heavy atom. The van der Waals surface area contributed by atoms with Gasteiger partial charge in [0, 0.05) is 38.8 Å². The molecule has 218 valence electrons. The van der Waals surface area contributed by atoms with Crippen LogP contribution >= 0.6 is 17.4 Å². The van der Waals surface area contributed by atoms with Crippen LogP contribution in [0.5, 0.6) is 0 Å². The molecule has 1 nitrogen and oxygen atoms in total. The van der Waals surface area contributed by atoms with Gasteiger partial charge in [-0.15, -0.1) is 11.3 Å². The minimum atomic E-state index is -2.29. The van der Waals surface area contributed by atoms with E-state index in [-0.39, 0.29) is 10.8 Å². The van der Waals surface area contributed by atoms with Gasteiger partial charge in [0.25, 0.3) is 0 Å². The summed E-state index contributed by atoms with van der Waals surface area (Å²) in [6, 6.07) is 23.0. The highest BCUT2D eigenvalue weighted by molar-refractivity contribution is 8.27. The van der Waals surface area contributed by atoms with Crippen LogP contribution in [0.25, 0.3) is 21.2 Å². The van der Waals surface area contributed by atoms with E-state index in [0.717, 1.165) is 12.1 Å². The minimum absolute atomic E-state index is 0.117. The van der Waals surface area contributed by atoms with Crippen molar-refractivity contribution in [1.82, 2.24) is 4.98 Å². The predicted octanol–water partition coefficient (Wildman–Crippen LogP) is 9.37. The van der Waals surface area contributed by atoms with Gasteiger partial charge in [-0.1, -0.05) is 118 Å². The molecule has 1 unspecified atom stereocenters. The Morgan fingerprint density at radius 1 is 0.841 bits per heavy atom. The lowest BCUT2D eigenvalue weighted by molar-refractivity contribution is 0.626. The van der Waals surface area contributed by atoms with Crippen molar-refractivity contribution < 1.29 is 0 Å². The molecule has 0 saturated heterocycles. The first-order valence-corrected chi connectivity index (χ1v) is 19.1. The van der Waals surface area contributed by atoms with Crippen molar-refractivity contribution in [1.29, 1.82) is 0 Å². The summed E-state index contributed by atoms with van der Waals surface area (Å²) in [4.78, 5) is 4.53. The number of allylic oxidation sites excluding steroid dienone is 6.